The van der Waals surface area contributed by atoms with Gasteiger partial charge in [-0.15, -0.1) is 0 Å². The molecule has 140 valence electrons. The highest BCUT2D eigenvalue weighted by Crippen LogP contribution is 2.24. The highest BCUT2D eigenvalue weighted by Gasteiger charge is 2.22. The number of carbonyl (C=O) groups is 1. The lowest BCUT2D eigenvalue weighted by molar-refractivity contribution is -0.125. The predicted octanol–water partition coefficient (Wildman–Crippen LogP) is 3.04. The molecule has 28 heavy (non-hydrogen) atoms. The van der Waals surface area contributed by atoms with Gasteiger partial charge in [0.15, 0.2) is 5.82 Å². The summed E-state index contributed by atoms with van der Waals surface area (Å²) < 4.78 is 17.6. The molecular formula is C21H17FN4OS. The second-order valence-electron chi connectivity index (χ2n) is 6.31. The van der Waals surface area contributed by atoms with Crippen LogP contribution in [0, 0.1) is 17.7 Å². The van der Waals surface area contributed by atoms with Crippen LogP contribution in [-0.4, -0.2) is 46.3 Å². The fourth-order valence-corrected chi connectivity index (χ4v) is 3.66. The van der Waals surface area contributed by atoms with Crippen molar-refractivity contribution in [2.24, 2.45) is 0 Å². The Morgan fingerprint density at radius 1 is 1.04 bits per heavy atom. The highest BCUT2D eigenvalue weighted by molar-refractivity contribution is 7.09. The number of piperazine rings is 1. The van der Waals surface area contributed by atoms with Gasteiger partial charge in [-0.05, 0) is 18.2 Å². The van der Waals surface area contributed by atoms with E-state index in [1.54, 1.807) is 17.0 Å². The second kappa shape index (κ2) is 8.19. The van der Waals surface area contributed by atoms with Crippen molar-refractivity contribution < 1.29 is 9.18 Å². The second-order valence-corrected chi connectivity index (χ2v) is 7.04. The van der Waals surface area contributed by atoms with Crippen LogP contribution in [0.15, 0.2) is 54.6 Å². The Labute approximate surface area is 166 Å². The summed E-state index contributed by atoms with van der Waals surface area (Å²) in [5, 5.41) is 0.858. The number of hydrogen-bond donors (Lipinski definition) is 0. The van der Waals surface area contributed by atoms with Gasteiger partial charge < -0.3 is 9.80 Å². The minimum atomic E-state index is -0.361. The molecule has 2 heterocycles. The van der Waals surface area contributed by atoms with Crippen LogP contribution in [0.25, 0.3) is 11.4 Å². The van der Waals surface area contributed by atoms with Gasteiger partial charge in [-0.2, -0.15) is 9.36 Å². The summed E-state index contributed by atoms with van der Waals surface area (Å²) in [4.78, 5) is 20.8. The Kier molecular flexibility index (Phi) is 5.31. The van der Waals surface area contributed by atoms with Crippen molar-refractivity contribution in [1.82, 2.24) is 14.3 Å². The van der Waals surface area contributed by atoms with E-state index >= 15 is 0 Å². The number of benzene rings is 2. The number of aromatic nitrogens is 2. The standard InChI is InChI=1S/C21H17FN4OS/c22-18-8-4-5-16(15-18)9-10-19(27)25-11-13-26(14-12-25)21-23-20(24-28-21)17-6-2-1-3-7-17/h1-8,15H,11-14H2. The van der Waals surface area contributed by atoms with Crippen LogP contribution < -0.4 is 4.90 Å². The summed E-state index contributed by atoms with van der Waals surface area (Å²) in [6.07, 6.45) is 0. The van der Waals surface area contributed by atoms with E-state index in [0.29, 0.717) is 31.7 Å². The minimum Gasteiger partial charge on any atom is -0.343 e. The maximum absolute atomic E-state index is 13.2. The molecule has 7 heteroatoms. The SMILES string of the molecule is O=C(C#Cc1cccc(F)c1)N1CCN(c2nc(-c3ccccc3)ns2)CC1. The van der Waals surface area contributed by atoms with Crippen molar-refractivity contribution >= 4 is 22.6 Å². The fraction of sp³-hybridized carbons (Fsp3) is 0.190. The van der Waals surface area contributed by atoms with Crippen molar-refractivity contribution in [3.8, 4) is 23.2 Å². The van der Waals surface area contributed by atoms with Gasteiger partial charge in [-0.3, -0.25) is 4.79 Å². The van der Waals surface area contributed by atoms with Crippen molar-refractivity contribution in [2.45, 2.75) is 0 Å². The summed E-state index contributed by atoms with van der Waals surface area (Å²) in [5.74, 6) is 5.45. The first-order chi connectivity index (χ1) is 13.7. The van der Waals surface area contributed by atoms with E-state index in [1.807, 2.05) is 30.3 Å². The quantitative estimate of drug-likeness (QED) is 0.629. The Morgan fingerprint density at radius 2 is 1.82 bits per heavy atom. The molecule has 0 spiro atoms. The predicted molar refractivity (Wildman–Crippen MR) is 107 cm³/mol. The summed E-state index contributed by atoms with van der Waals surface area (Å²) >= 11 is 1.37. The zero-order chi connectivity index (χ0) is 19.3. The summed E-state index contributed by atoms with van der Waals surface area (Å²) in [6.45, 7) is 2.49. The number of carbonyl (C=O) groups excluding carboxylic acids is 1. The van der Waals surface area contributed by atoms with E-state index in [0.717, 1.165) is 16.5 Å². The van der Waals surface area contributed by atoms with E-state index in [-0.39, 0.29) is 11.7 Å². The van der Waals surface area contributed by atoms with Crippen LogP contribution >= 0.6 is 11.5 Å². The van der Waals surface area contributed by atoms with Gasteiger partial charge >= 0.3 is 0 Å². The monoisotopic (exact) mass is 392 g/mol. The van der Waals surface area contributed by atoms with Crippen molar-refractivity contribution in [3.63, 3.8) is 0 Å². The average Bonchev–Trinajstić information content (AvgIpc) is 3.23. The number of nitrogens with zero attached hydrogens (tertiary/aromatic N) is 4. The molecule has 0 bridgehead atoms. The first-order valence-corrected chi connectivity index (χ1v) is 9.67. The van der Waals surface area contributed by atoms with Crippen molar-refractivity contribution in [3.05, 3.63) is 66.0 Å². The minimum absolute atomic E-state index is 0.244. The third kappa shape index (κ3) is 4.18. The van der Waals surface area contributed by atoms with Crippen LogP contribution in [-0.2, 0) is 4.79 Å². The molecule has 1 aromatic heterocycles. The molecule has 0 aliphatic carbocycles. The van der Waals surface area contributed by atoms with Gasteiger partial charge in [0, 0.05) is 54.8 Å². The van der Waals surface area contributed by atoms with Gasteiger partial charge in [0.2, 0.25) is 5.13 Å². The maximum Gasteiger partial charge on any atom is 0.298 e. The smallest absolute Gasteiger partial charge is 0.298 e. The van der Waals surface area contributed by atoms with E-state index in [1.165, 1.54) is 23.7 Å². The fourth-order valence-electron chi connectivity index (χ4n) is 2.92. The zero-order valence-corrected chi connectivity index (χ0v) is 15.8. The van der Waals surface area contributed by atoms with Gasteiger partial charge in [-0.1, -0.05) is 42.3 Å². The van der Waals surface area contributed by atoms with Crippen LogP contribution in [0.1, 0.15) is 5.56 Å². The first kappa shape index (κ1) is 18.1. The molecular weight excluding hydrogens is 375 g/mol. The van der Waals surface area contributed by atoms with Gasteiger partial charge in [0.1, 0.15) is 5.82 Å². The van der Waals surface area contributed by atoms with E-state index in [2.05, 4.69) is 26.1 Å². The summed E-state index contributed by atoms with van der Waals surface area (Å²) in [7, 11) is 0. The molecule has 1 saturated heterocycles. The Hall–Kier alpha value is -3.24. The maximum atomic E-state index is 13.2. The van der Waals surface area contributed by atoms with Crippen LogP contribution in [0.5, 0.6) is 0 Å². The van der Waals surface area contributed by atoms with E-state index in [9.17, 15) is 9.18 Å². The van der Waals surface area contributed by atoms with E-state index < -0.39 is 0 Å². The van der Waals surface area contributed by atoms with Crippen molar-refractivity contribution in [1.29, 1.82) is 0 Å². The number of halogens is 1. The molecule has 0 saturated carbocycles. The lowest BCUT2D eigenvalue weighted by Gasteiger charge is -2.33. The third-order valence-corrected chi connectivity index (χ3v) is 5.20. The molecule has 4 rings (SSSR count). The Morgan fingerprint density at radius 3 is 2.57 bits per heavy atom. The Bertz CT molecular complexity index is 1030. The van der Waals surface area contributed by atoms with Gasteiger partial charge in [0.05, 0.1) is 0 Å². The summed E-state index contributed by atoms with van der Waals surface area (Å²) in [5.41, 5.74) is 1.49. The normalized spacial score (nSPS) is 13.8. The largest absolute Gasteiger partial charge is 0.343 e. The average molecular weight is 392 g/mol. The van der Waals surface area contributed by atoms with Gasteiger partial charge in [-0.25, -0.2) is 4.39 Å². The van der Waals surface area contributed by atoms with Crippen LogP contribution in [0.4, 0.5) is 9.52 Å². The number of hydrogen-bond acceptors (Lipinski definition) is 5. The molecule has 1 amide bonds. The molecule has 0 N–H and O–H groups in total. The van der Waals surface area contributed by atoms with Crippen molar-refractivity contribution in [2.75, 3.05) is 31.1 Å². The number of rotatable bonds is 2. The Balaban J connectivity index is 1.36. The van der Waals surface area contributed by atoms with Crippen LogP contribution in [0.3, 0.4) is 0 Å². The molecule has 5 nitrogen and oxygen atoms in total. The lowest BCUT2D eigenvalue weighted by Crippen LogP contribution is -2.48. The molecule has 0 atom stereocenters. The molecule has 0 unspecified atom stereocenters. The number of amides is 1. The zero-order valence-electron chi connectivity index (χ0n) is 15.0. The molecule has 3 aromatic rings. The van der Waals surface area contributed by atoms with Crippen LogP contribution in [0.2, 0.25) is 0 Å². The van der Waals surface area contributed by atoms with E-state index in [4.69, 9.17) is 0 Å². The highest BCUT2D eigenvalue weighted by atomic mass is 32.1. The topological polar surface area (TPSA) is 49.3 Å². The lowest BCUT2D eigenvalue weighted by atomic mass is 10.2. The first-order valence-electron chi connectivity index (χ1n) is 8.89. The molecule has 2 aromatic carbocycles. The molecule has 1 fully saturated rings. The number of anilines is 1. The van der Waals surface area contributed by atoms with Gasteiger partial charge in [0.25, 0.3) is 5.91 Å². The molecule has 1 aliphatic heterocycles. The molecule has 0 radical (unpaired) electrons. The third-order valence-electron chi connectivity index (χ3n) is 4.42. The molecule has 1 aliphatic rings. The summed E-state index contributed by atoms with van der Waals surface area (Å²) in [6, 6.07) is 15.8.